The van der Waals surface area contributed by atoms with Crippen molar-refractivity contribution < 1.29 is 33.6 Å². The molecule has 1 aromatic carbocycles. The van der Waals surface area contributed by atoms with Crippen LogP contribution in [0.25, 0.3) is 0 Å². The van der Waals surface area contributed by atoms with Gasteiger partial charge in [0, 0.05) is 12.1 Å². The SMILES string of the molecule is O=S1(=O)Oc2cc3c(cc2O1)OS(=O)(=O)O3. The van der Waals surface area contributed by atoms with Crippen molar-refractivity contribution in [3.8, 4) is 23.0 Å². The van der Waals surface area contributed by atoms with Gasteiger partial charge in [0.25, 0.3) is 0 Å². The fraction of sp³-hybridized carbons (Fsp3) is 0. The minimum absolute atomic E-state index is 0.153. The van der Waals surface area contributed by atoms with E-state index in [-0.39, 0.29) is 23.0 Å². The smallest absolute Gasteiger partial charge is 0.349 e. The lowest BCUT2D eigenvalue weighted by atomic mass is 10.3. The molecule has 0 unspecified atom stereocenters. The van der Waals surface area contributed by atoms with E-state index in [1.807, 2.05) is 0 Å². The van der Waals surface area contributed by atoms with Crippen molar-refractivity contribution in [3.63, 3.8) is 0 Å². The maximum atomic E-state index is 10.9. The molecule has 0 radical (unpaired) electrons. The molecule has 0 aliphatic carbocycles. The summed E-state index contributed by atoms with van der Waals surface area (Å²) in [5.41, 5.74) is 0. The zero-order valence-electron chi connectivity index (χ0n) is 7.24. The fourth-order valence-corrected chi connectivity index (χ4v) is 2.73. The predicted molar refractivity (Wildman–Crippen MR) is 46.8 cm³/mol. The third-order valence-electron chi connectivity index (χ3n) is 1.78. The lowest BCUT2D eigenvalue weighted by Crippen LogP contribution is -2.09. The van der Waals surface area contributed by atoms with E-state index >= 15 is 0 Å². The summed E-state index contributed by atoms with van der Waals surface area (Å²) < 4.78 is 61.2. The van der Waals surface area contributed by atoms with E-state index < -0.39 is 20.8 Å². The van der Waals surface area contributed by atoms with Gasteiger partial charge in [0.2, 0.25) is 0 Å². The van der Waals surface area contributed by atoms with Gasteiger partial charge in [0.15, 0.2) is 23.0 Å². The summed E-state index contributed by atoms with van der Waals surface area (Å²) in [6, 6.07) is 2.11. The lowest BCUT2D eigenvalue weighted by Gasteiger charge is -1.93. The molecule has 2 aliphatic heterocycles. The Labute approximate surface area is 90.0 Å². The van der Waals surface area contributed by atoms with Crippen LogP contribution in [0.2, 0.25) is 0 Å². The van der Waals surface area contributed by atoms with Gasteiger partial charge < -0.3 is 16.7 Å². The largest absolute Gasteiger partial charge is 0.501 e. The molecule has 0 aromatic heterocycles. The van der Waals surface area contributed by atoms with E-state index in [2.05, 4.69) is 16.7 Å². The number of benzene rings is 1. The van der Waals surface area contributed by atoms with Crippen molar-refractivity contribution in [1.29, 1.82) is 0 Å². The first kappa shape index (κ1) is 9.54. The maximum Gasteiger partial charge on any atom is 0.501 e. The summed E-state index contributed by atoms with van der Waals surface area (Å²) >= 11 is 0. The van der Waals surface area contributed by atoms with Gasteiger partial charge in [-0.3, -0.25) is 0 Å². The van der Waals surface area contributed by atoms with E-state index in [0.717, 1.165) is 12.1 Å². The van der Waals surface area contributed by atoms with Crippen molar-refractivity contribution in [1.82, 2.24) is 0 Å². The van der Waals surface area contributed by atoms with Gasteiger partial charge in [-0.05, 0) is 0 Å². The molecule has 2 aliphatic rings. The van der Waals surface area contributed by atoms with Crippen LogP contribution in [0.4, 0.5) is 0 Å². The molecule has 0 amide bonds. The second kappa shape index (κ2) is 2.52. The maximum absolute atomic E-state index is 10.9. The Bertz CT molecular complexity index is 581. The third kappa shape index (κ3) is 1.34. The van der Waals surface area contributed by atoms with Crippen LogP contribution < -0.4 is 16.7 Å². The average molecular weight is 266 g/mol. The third-order valence-corrected chi connectivity index (χ3v) is 3.31. The molecule has 0 bridgehead atoms. The van der Waals surface area contributed by atoms with Gasteiger partial charge in [-0.1, -0.05) is 0 Å². The van der Waals surface area contributed by atoms with Crippen molar-refractivity contribution in [3.05, 3.63) is 12.1 Å². The van der Waals surface area contributed by atoms with Gasteiger partial charge in [0.1, 0.15) is 0 Å². The fourth-order valence-electron chi connectivity index (χ4n) is 1.26. The first-order valence-electron chi connectivity index (χ1n) is 3.80. The van der Waals surface area contributed by atoms with Gasteiger partial charge >= 0.3 is 20.8 Å². The highest BCUT2D eigenvalue weighted by molar-refractivity contribution is 7.83. The molecule has 0 saturated heterocycles. The van der Waals surface area contributed by atoms with E-state index in [4.69, 9.17) is 0 Å². The number of rotatable bonds is 0. The summed E-state index contributed by atoms with van der Waals surface area (Å²) in [6.07, 6.45) is 0. The molecule has 8 nitrogen and oxygen atoms in total. The molecule has 10 heteroatoms. The molecule has 0 spiro atoms. The van der Waals surface area contributed by atoms with Gasteiger partial charge in [-0.2, -0.15) is 0 Å². The number of hydrogen-bond acceptors (Lipinski definition) is 8. The minimum atomic E-state index is -4.11. The van der Waals surface area contributed by atoms with Crippen molar-refractivity contribution in [2.24, 2.45) is 0 Å². The molecule has 0 saturated carbocycles. The summed E-state index contributed by atoms with van der Waals surface area (Å²) in [7, 11) is -8.22. The first-order chi connectivity index (χ1) is 7.35. The molecule has 0 atom stereocenters. The highest BCUT2D eigenvalue weighted by Crippen LogP contribution is 2.47. The second-order valence-electron chi connectivity index (χ2n) is 2.90. The van der Waals surface area contributed by atoms with Crippen LogP contribution in [0, 0.1) is 0 Å². The van der Waals surface area contributed by atoms with E-state index in [1.54, 1.807) is 0 Å². The van der Waals surface area contributed by atoms with Gasteiger partial charge in [-0.15, -0.1) is 16.8 Å². The Morgan fingerprint density at radius 1 is 0.625 bits per heavy atom. The zero-order valence-corrected chi connectivity index (χ0v) is 8.87. The lowest BCUT2D eigenvalue weighted by molar-refractivity contribution is 0.432. The Balaban J connectivity index is 2.16. The molecule has 2 heterocycles. The molecule has 0 fully saturated rings. The molecular formula is C6H2O8S2. The summed E-state index contributed by atoms with van der Waals surface area (Å²) in [5.74, 6) is -0.613. The normalized spacial score (nSPS) is 22.0. The highest BCUT2D eigenvalue weighted by Gasteiger charge is 2.36. The Morgan fingerprint density at radius 3 is 1.12 bits per heavy atom. The molecule has 16 heavy (non-hydrogen) atoms. The molecule has 3 rings (SSSR count). The Hall–Kier alpha value is -1.68. The molecule has 1 aromatic rings. The first-order valence-corrected chi connectivity index (χ1v) is 6.47. The molecule has 0 N–H and O–H groups in total. The van der Waals surface area contributed by atoms with E-state index in [9.17, 15) is 16.8 Å². The molecule has 86 valence electrons. The van der Waals surface area contributed by atoms with Crippen LogP contribution in [0.1, 0.15) is 0 Å². The van der Waals surface area contributed by atoms with Crippen LogP contribution in [0.15, 0.2) is 12.1 Å². The topological polar surface area (TPSA) is 105 Å². The van der Waals surface area contributed by atoms with Crippen molar-refractivity contribution in [2.45, 2.75) is 0 Å². The number of hydrogen-bond donors (Lipinski definition) is 0. The van der Waals surface area contributed by atoms with E-state index in [0.29, 0.717) is 0 Å². The average Bonchev–Trinajstić information content (AvgIpc) is 2.51. The van der Waals surface area contributed by atoms with Crippen LogP contribution in [-0.2, 0) is 20.8 Å². The predicted octanol–water partition coefficient (Wildman–Crippen LogP) is -0.281. The van der Waals surface area contributed by atoms with E-state index in [1.165, 1.54) is 0 Å². The highest BCUT2D eigenvalue weighted by atomic mass is 32.3. The van der Waals surface area contributed by atoms with Gasteiger partial charge in [-0.25, -0.2) is 0 Å². The molecular weight excluding hydrogens is 264 g/mol. The van der Waals surface area contributed by atoms with Crippen LogP contribution >= 0.6 is 0 Å². The minimum Gasteiger partial charge on any atom is -0.349 e. The van der Waals surface area contributed by atoms with Crippen LogP contribution in [0.5, 0.6) is 23.0 Å². The monoisotopic (exact) mass is 266 g/mol. The summed E-state index contributed by atoms with van der Waals surface area (Å²) in [6.45, 7) is 0. The van der Waals surface area contributed by atoms with Crippen LogP contribution in [0.3, 0.4) is 0 Å². The second-order valence-corrected chi connectivity index (χ2v) is 5.20. The Morgan fingerprint density at radius 2 is 0.875 bits per heavy atom. The standard InChI is InChI=1S/C6H2O8S2/c7-15(8)11-3-1-4-6(2-5(3)13-15)14-16(9,10)12-4/h1-2H. The zero-order chi connectivity index (χ0) is 11.6. The summed E-state index contributed by atoms with van der Waals surface area (Å²) in [4.78, 5) is 0. The van der Waals surface area contributed by atoms with Crippen molar-refractivity contribution in [2.75, 3.05) is 0 Å². The number of fused-ring (bicyclic) bond motifs is 2. The summed E-state index contributed by atoms with van der Waals surface area (Å²) in [5, 5.41) is 0. The van der Waals surface area contributed by atoms with Crippen LogP contribution in [-0.4, -0.2) is 16.8 Å². The Kier molecular flexibility index (Phi) is 1.50. The quantitative estimate of drug-likeness (QED) is 0.631. The van der Waals surface area contributed by atoms with Gasteiger partial charge in [0.05, 0.1) is 0 Å². The van der Waals surface area contributed by atoms with Crippen molar-refractivity contribution >= 4 is 20.8 Å².